The Kier molecular flexibility index (Phi) is 5.41. The molecule has 0 saturated carbocycles. The molecule has 0 aromatic rings. The molecule has 6 nitrogen and oxygen atoms in total. The van der Waals surface area contributed by atoms with Gasteiger partial charge in [0.05, 0.1) is 13.2 Å². The van der Waals surface area contributed by atoms with Gasteiger partial charge in [-0.25, -0.2) is 8.42 Å². The van der Waals surface area contributed by atoms with Crippen LogP contribution in [0.4, 0.5) is 0 Å². The van der Waals surface area contributed by atoms with E-state index in [4.69, 9.17) is 5.26 Å². The highest BCUT2D eigenvalue weighted by Crippen LogP contribution is 2.13. The lowest BCUT2D eigenvalue weighted by molar-refractivity contribution is -0.139. The zero-order valence-corrected chi connectivity index (χ0v) is 10.6. The minimum absolute atomic E-state index is 0.276. The lowest BCUT2D eigenvalue weighted by atomic mass is 10.4. The van der Waals surface area contributed by atoms with E-state index in [9.17, 15) is 13.2 Å². The average molecular weight is 248 g/mol. The molecular formula is C9H16N2O4S. The number of hydrogen-bond donors (Lipinski definition) is 0. The van der Waals surface area contributed by atoms with Crippen LogP contribution in [0.2, 0.25) is 0 Å². The third-order valence-corrected chi connectivity index (χ3v) is 4.40. The number of methoxy groups -OCH3 is 1. The number of rotatable bonds is 5. The molecule has 92 valence electrons. The largest absolute Gasteiger partial charge is 0.468 e. The van der Waals surface area contributed by atoms with E-state index in [2.05, 4.69) is 4.74 Å². The predicted molar refractivity (Wildman–Crippen MR) is 57.9 cm³/mol. The van der Waals surface area contributed by atoms with Crippen LogP contribution in [0, 0.1) is 11.3 Å². The highest BCUT2D eigenvalue weighted by atomic mass is 32.2. The lowest BCUT2D eigenvalue weighted by Gasteiger charge is -2.25. The van der Waals surface area contributed by atoms with Gasteiger partial charge in [0, 0.05) is 6.04 Å². The van der Waals surface area contributed by atoms with Gasteiger partial charge in [0.2, 0.25) is 10.0 Å². The lowest BCUT2D eigenvalue weighted by Crippen LogP contribution is -2.45. The summed E-state index contributed by atoms with van der Waals surface area (Å²) in [5.74, 6) is -0.830. The van der Waals surface area contributed by atoms with E-state index >= 15 is 0 Å². The van der Waals surface area contributed by atoms with Crippen LogP contribution in [-0.4, -0.2) is 43.6 Å². The highest BCUT2D eigenvalue weighted by molar-refractivity contribution is 7.90. The van der Waals surface area contributed by atoms with Gasteiger partial charge in [0.15, 0.2) is 5.25 Å². The quantitative estimate of drug-likeness (QED) is 0.509. The van der Waals surface area contributed by atoms with E-state index in [0.717, 1.165) is 11.4 Å². The molecular weight excluding hydrogens is 232 g/mol. The number of carbonyl (C=O) groups excluding carboxylic acids is 1. The van der Waals surface area contributed by atoms with Crippen LogP contribution in [0.1, 0.15) is 20.8 Å². The van der Waals surface area contributed by atoms with Crippen molar-refractivity contribution in [1.29, 1.82) is 5.26 Å². The maximum Gasteiger partial charge on any atom is 0.325 e. The SMILES string of the molecule is COC(=O)C(C)S(=O)(=O)N(CC#N)C(C)C. The smallest absolute Gasteiger partial charge is 0.325 e. The van der Waals surface area contributed by atoms with Crippen molar-refractivity contribution in [2.45, 2.75) is 32.1 Å². The molecule has 7 heteroatoms. The van der Waals surface area contributed by atoms with Crippen LogP contribution in [0.25, 0.3) is 0 Å². The summed E-state index contributed by atoms with van der Waals surface area (Å²) < 4.78 is 29.2. The van der Waals surface area contributed by atoms with Crippen molar-refractivity contribution in [3.8, 4) is 6.07 Å². The minimum atomic E-state index is -3.84. The Morgan fingerprint density at radius 1 is 1.44 bits per heavy atom. The van der Waals surface area contributed by atoms with E-state index in [1.165, 1.54) is 6.92 Å². The maximum absolute atomic E-state index is 11.9. The van der Waals surface area contributed by atoms with Crippen molar-refractivity contribution in [1.82, 2.24) is 4.31 Å². The number of nitriles is 1. The summed E-state index contributed by atoms with van der Waals surface area (Å²) in [6, 6.07) is 1.38. The van der Waals surface area contributed by atoms with Crippen LogP contribution in [-0.2, 0) is 19.6 Å². The van der Waals surface area contributed by atoms with Crippen molar-refractivity contribution >= 4 is 16.0 Å². The topological polar surface area (TPSA) is 87.5 Å². The van der Waals surface area contributed by atoms with Gasteiger partial charge in [0.25, 0.3) is 0 Å². The van der Waals surface area contributed by atoms with Gasteiger partial charge in [0.1, 0.15) is 6.54 Å². The third kappa shape index (κ3) is 3.18. The van der Waals surface area contributed by atoms with Gasteiger partial charge < -0.3 is 4.74 Å². The fourth-order valence-electron chi connectivity index (χ4n) is 1.13. The van der Waals surface area contributed by atoms with Crippen molar-refractivity contribution in [3.05, 3.63) is 0 Å². The predicted octanol–water partition coefficient (Wildman–Crippen LogP) is 0.112. The molecule has 0 heterocycles. The van der Waals surface area contributed by atoms with Gasteiger partial charge in [-0.15, -0.1) is 0 Å². The molecule has 0 aromatic heterocycles. The summed E-state index contributed by atoms with van der Waals surface area (Å²) in [4.78, 5) is 11.2. The van der Waals surface area contributed by atoms with Gasteiger partial charge >= 0.3 is 5.97 Å². The fourth-order valence-corrected chi connectivity index (χ4v) is 2.70. The fraction of sp³-hybridized carbons (Fsp3) is 0.778. The molecule has 0 saturated heterocycles. The molecule has 0 bridgehead atoms. The van der Waals surface area contributed by atoms with Crippen LogP contribution in [0.5, 0.6) is 0 Å². The Balaban J connectivity index is 5.16. The zero-order valence-electron chi connectivity index (χ0n) is 9.80. The molecule has 0 rings (SSSR count). The molecule has 0 aliphatic carbocycles. The summed E-state index contributed by atoms with van der Waals surface area (Å²) >= 11 is 0. The molecule has 0 radical (unpaired) electrons. The summed E-state index contributed by atoms with van der Waals surface area (Å²) in [7, 11) is -2.71. The zero-order chi connectivity index (χ0) is 12.9. The van der Waals surface area contributed by atoms with E-state index in [1.54, 1.807) is 19.9 Å². The number of ether oxygens (including phenoxy) is 1. The summed E-state index contributed by atoms with van der Waals surface area (Å²) in [6.07, 6.45) is 0. The van der Waals surface area contributed by atoms with Crippen molar-refractivity contribution in [2.75, 3.05) is 13.7 Å². The summed E-state index contributed by atoms with van der Waals surface area (Å²) in [6.45, 7) is 4.24. The Morgan fingerprint density at radius 3 is 2.25 bits per heavy atom. The van der Waals surface area contributed by atoms with Gasteiger partial charge in [-0.1, -0.05) is 0 Å². The highest BCUT2D eigenvalue weighted by Gasteiger charge is 2.35. The molecule has 0 aliphatic heterocycles. The maximum atomic E-state index is 11.9. The number of hydrogen-bond acceptors (Lipinski definition) is 5. The van der Waals surface area contributed by atoms with Crippen LogP contribution >= 0.6 is 0 Å². The molecule has 0 N–H and O–H groups in total. The van der Waals surface area contributed by atoms with E-state index in [1.807, 2.05) is 0 Å². The molecule has 1 unspecified atom stereocenters. The number of carbonyl (C=O) groups is 1. The van der Waals surface area contributed by atoms with Gasteiger partial charge in [-0.3, -0.25) is 4.79 Å². The van der Waals surface area contributed by atoms with E-state index < -0.39 is 21.2 Å². The van der Waals surface area contributed by atoms with E-state index in [0.29, 0.717) is 0 Å². The summed E-state index contributed by atoms with van der Waals surface area (Å²) in [5, 5.41) is 7.26. The van der Waals surface area contributed by atoms with Crippen molar-refractivity contribution in [2.24, 2.45) is 0 Å². The van der Waals surface area contributed by atoms with E-state index in [-0.39, 0.29) is 12.6 Å². The van der Waals surface area contributed by atoms with Crippen LogP contribution in [0.15, 0.2) is 0 Å². The molecule has 0 aliphatic rings. The molecule has 0 amide bonds. The Bertz CT molecular complexity index is 383. The number of esters is 1. The van der Waals surface area contributed by atoms with Gasteiger partial charge in [-0.05, 0) is 20.8 Å². The first-order valence-electron chi connectivity index (χ1n) is 4.74. The second kappa shape index (κ2) is 5.82. The third-order valence-electron chi connectivity index (χ3n) is 2.11. The number of sulfonamides is 1. The average Bonchev–Trinajstić information content (AvgIpc) is 2.22. The Hall–Kier alpha value is -1.13. The van der Waals surface area contributed by atoms with Crippen LogP contribution in [0.3, 0.4) is 0 Å². The second-order valence-corrected chi connectivity index (χ2v) is 5.71. The van der Waals surface area contributed by atoms with Crippen molar-refractivity contribution < 1.29 is 17.9 Å². The van der Waals surface area contributed by atoms with Crippen molar-refractivity contribution in [3.63, 3.8) is 0 Å². The van der Waals surface area contributed by atoms with Crippen LogP contribution < -0.4 is 0 Å². The first-order chi connectivity index (χ1) is 7.28. The second-order valence-electron chi connectivity index (χ2n) is 3.51. The summed E-state index contributed by atoms with van der Waals surface area (Å²) in [5.41, 5.74) is 0. The normalized spacial score (nSPS) is 13.6. The molecule has 0 spiro atoms. The number of nitrogens with zero attached hydrogens (tertiary/aromatic N) is 2. The molecule has 16 heavy (non-hydrogen) atoms. The Labute approximate surface area is 95.8 Å². The monoisotopic (exact) mass is 248 g/mol. The van der Waals surface area contributed by atoms with Gasteiger partial charge in [-0.2, -0.15) is 9.57 Å². The Morgan fingerprint density at radius 2 is 1.94 bits per heavy atom. The molecule has 0 aromatic carbocycles. The minimum Gasteiger partial charge on any atom is -0.468 e. The molecule has 0 fully saturated rings. The standard InChI is InChI=1S/C9H16N2O4S/c1-7(2)11(6-5-10)16(13,14)8(3)9(12)15-4/h7-8H,6H2,1-4H3. The first kappa shape index (κ1) is 14.9. The first-order valence-corrected chi connectivity index (χ1v) is 6.24. The molecule has 1 atom stereocenters.